The number of hydrogen-bond donors (Lipinski definition) is 2. The number of benzene rings is 4. The van der Waals surface area contributed by atoms with Crippen molar-refractivity contribution in [3.8, 4) is 11.3 Å². The zero-order chi connectivity index (χ0) is 29.6. The van der Waals surface area contributed by atoms with Gasteiger partial charge in [-0.05, 0) is 97.5 Å². The molecule has 0 fully saturated rings. The molecule has 8 heteroatoms. The number of hydrogen-bond acceptors (Lipinski definition) is 4. The van der Waals surface area contributed by atoms with Crippen LogP contribution in [-0.2, 0) is 24.1 Å². The summed E-state index contributed by atoms with van der Waals surface area (Å²) in [4.78, 5) is 34.1. The summed E-state index contributed by atoms with van der Waals surface area (Å²) in [5.41, 5.74) is 6.12. The summed E-state index contributed by atoms with van der Waals surface area (Å²) in [6.07, 6.45) is 1.82. The van der Waals surface area contributed by atoms with Gasteiger partial charge in [-0.15, -0.1) is 0 Å². The quantitative estimate of drug-likeness (QED) is 0.193. The molecule has 5 rings (SSSR count). The molecule has 0 aliphatic carbocycles. The maximum atomic E-state index is 13.7. The van der Waals surface area contributed by atoms with Crippen LogP contribution in [0.15, 0.2) is 91.0 Å². The number of carbonyl (C=O) groups is 2. The molecule has 0 saturated heterocycles. The molecule has 0 saturated carbocycles. The number of nitrogens with one attached hydrogen (secondary N) is 1. The van der Waals surface area contributed by atoms with Gasteiger partial charge in [-0.3, -0.25) is 9.59 Å². The Labute approximate surface area is 242 Å². The second-order valence-electron chi connectivity index (χ2n) is 10.2. The van der Waals surface area contributed by atoms with Crippen molar-refractivity contribution < 1.29 is 23.5 Å². The Kier molecular flexibility index (Phi) is 8.62. The monoisotopic (exact) mass is 565 g/mol. The van der Waals surface area contributed by atoms with E-state index in [2.05, 4.69) is 5.32 Å². The van der Waals surface area contributed by atoms with E-state index in [-0.39, 0.29) is 30.0 Å². The average Bonchev–Trinajstić information content (AvgIpc) is 2.98. The molecule has 0 radical (unpaired) electrons. The van der Waals surface area contributed by atoms with Crippen LogP contribution in [-0.4, -0.2) is 27.0 Å². The zero-order valence-corrected chi connectivity index (χ0v) is 23.0. The number of carboxylic acid groups (broad SMARTS) is 1. The number of carbonyl (C=O) groups excluding carboxylic acids is 1. The lowest BCUT2D eigenvalue weighted by molar-refractivity contribution is -0.136. The number of aromatic nitrogens is 2. The SMILES string of the molecule is CC(NC(=O)c1ccc2nc(-c3ccc(F)cc3)c(CCCc3ccccc3CC(=O)O)nc2c1)c1ccc(F)cc1. The lowest BCUT2D eigenvalue weighted by atomic mass is 9.98. The molecule has 6 nitrogen and oxygen atoms in total. The largest absolute Gasteiger partial charge is 0.481 e. The smallest absolute Gasteiger partial charge is 0.307 e. The third-order valence-electron chi connectivity index (χ3n) is 7.15. The van der Waals surface area contributed by atoms with E-state index in [1.807, 2.05) is 31.2 Å². The van der Waals surface area contributed by atoms with Gasteiger partial charge in [0.25, 0.3) is 5.91 Å². The van der Waals surface area contributed by atoms with Crippen LogP contribution in [0.4, 0.5) is 8.78 Å². The Morgan fingerprint density at radius 3 is 2.17 bits per heavy atom. The van der Waals surface area contributed by atoms with E-state index in [0.717, 1.165) is 22.3 Å². The number of amides is 1. The molecular weight excluding hydrogens is 536 g/mol. The van der Waals surface area contributed by atoms with Crippen LogP contribution in [0, 0.1) is 11.6 Å². The minimum atomic E-state index is -0.881. The fraction of sp³-hybridized carbons (Fsp3) is 0.176. The van der Waals surface area contributed by atoms with Crippen molar-refractivity contribution >= 4 is 22.9 Å². The van der Waals surface area contributed by atoms with Crippen LogP contribution in [0.1, 0.15) is 52.1 Å². The maximum absolute atomic E-state index is 13.7. The summed E-state index contributed by atoms with van der Waals surface area (Å²) in [7, 11) is 0. The second kappa shape index (κ2) is 12.7. The van der Waals surface area contributed by atoms with Gasteiger partial charge >= 0.3 is 5.97 Å². The molecule has 1 atom stereocenters. The van der Waals surface area contributed by atoms with E-state index in [1.165, 1.54) is 24.3 Å². The van der Waals surface area contributed by atoms with Crippen molar-refractivity contribution in [1.82, 2.24) is 15.3 Å². The third-order valence-corrected chi connectivity index (χ3v) is 7.15. The summed E-state index contributed by atoms with van der Waals surface area (Å²) in [5.74, 6) is -1.87. The molecule has 0 aliphatic heterocycles. The Morgan fingerprint density at radius 2 is 1.48 bits per heavy atom. The first-order chi connectivity index (χ1) is 20.3. The summed E-state index contributed by atoms with van der Waals surface area (Å²) < 4.78 is 27.0. The predicted octanol–water partition coefficient (Wildman–Crippen LogP) is 6.87. The Bertz CT molecular complexity index is 1740. The van der Waals surface area contributed by atoms with Gasteiger partial charge in [-0.1, -0.05) is 36.4 Å². The van der Waals surface area contributed by atoms with E-state index in [4.69, 9.17) is 9.97 Å². The number of nitrogens with zero attached hydrogens (tertiary/aromatic N) is 2. The summed E-state index contributed by atoms with van der Waals surface area (Å²) in [6, 6.07) is 24.3. The van der Waals surface area contributed by atoms with Crippen molar-refractivity contribution in [3.05, 3.63) is 131 Å². The topological polar surface area (TPSA) is 92.2 Å². The number of halogens is 2. The van der Waals surface area contributed by atoms with Gasteiger partial charge in [-0.25, -0.2) is 18.7 Å². The van der Waals surface area contributed by atoms with Gasteiger partial charge in [0.15, 0.2) is 0 Å². The van der Waals surface area contributed by atoms with Crippen molar-refractivity contribution in [2.75, 3.05) is 0 Å². The number of fused-ring (bicyclic) bond motifs is 1. The number of rotatable bonds is 10. The molecule has 1 aromatic heterocycles. The molecule has 1 amide bonds. The summed E-state index contributed by atoms with van der Waals surface area (Å²) in [6.45, 7) is 1.83. The van der Waals surface area contributed by atoms with Crippen molar-refractivity contribution in [2.24, 2.45) is 0 Å². The van der Waals surface area contributed by atoms with Crippen LogP contribution >= 0.6 is 0 Å². The highest BCUT2D eigenvalue weighted by Gasteiger charge is 2.16. The van der Waals surface area contributed by atoms with Gasteiger partial charge in [0.2, 0.25) is 0 Å². The van der Waals surface area contributed by atoms with Gasteiger partial charge < -0.3 is 10.4 Å². The minimum absolute atomic E-state index is 0.0442. The highest BCUT2D eigenvalue weighted by Crippen LogP contribution is 2.26. The zero-order valence-electron chi connectivity index (χ0n) is 23.0. The van der Waals surface area contributed by atoms with Crippen molar-refractivity contribution in [3.63, 3.8) is 0 Å². The summed E-state index contributed by atoms with van der Waals surface area (Å²) >= 11 is 0. The van der Waals surface area contributed by atoms with Gasteiger partial charge in [-0.2, -0.15) is 0 Å². The molecule has 0 aliphatic rings. The fourth-order valence-corrected chi connectivity index (χ4v) is 4.94. The lowest BCUT2D eigenvalue weighted by Crippen LogP contribution is -2.26. The van der Waals surface area contributed by atoms with Crippen molar-refractivity contribution in [1.29, 1.82) is 0 Å². The molecule has 42 heavy (non-hydrogen) atoms. The van der Waals surface area contributed by atoms with Gasteiger partial charge in [0, 0.05) is 11.1 Å². The fourth-order valence-electron chi connectivity index (χ4n) is 4.94. The second-order valence-corrected chi connectivity index (χ2v) is 10.2. The lowest BCUT2D eigenvalue weighted by Gasteiger charge is -2.15. The molecule has 4 aromatic carbocycles. The van der Waals surface area contributed by atoms with E-state index < -0.39 is 5.97 Å². The number of aryl methyl sites for hydroxylation is 2. The van der Waals surface area contributed by atoms with Gasteiger partial charge in [0.05, 0.1) is 34.9 Å². The molecule has 0 bridgehead atoms. The Balaban J connectivity index is 1.42. The predicted molar refractivity (Wildman–Crippen MR) is 157 cm³/mol. The van der Waals surface area contributed by atoms with E-state index in [9.17, 15) is 23.5 Å². The first-order valence-corrected chi connectivity index (χ1v) is 13.7. The van der Waals surface area contributed by atoms with Crippen LogP contribution < -0.4 is 5.32 Å². The molecule has 1 unspecified atom stereocenters. The Hall–Kier alpha value is -4.98. The van der Waals surface area contributed by atoms with Crippen LogP contribution in [0.2, 0.25) is 0 Å². The molecule has 212 valence electrons. The van der Waals surface area contributed by atoms with Crippen LogP contribution in [0.3, 0.4) is 0 Å². The molecule has 0 spiro atoms. The molecule has 2 N–H and O–H groups in total. The van der Waals surface area contributed by atoms with E-state index in [1.54, 1.807) is 42.5 Å². The first-order valence-electron chi connectivity index (χ1n) is 13.7. The van der Waals surface area contributed by atoms with Gasteiger partial charge in [0.1, 0.15) is 11.6 Å². The third kappa shape index (κ3) is 6.83. The van der Waals surface area contributed by atoms with Crippen molar-refractivity contribution in [2.45, 2.75) is 38.6 Å². The van der Waals surface area contributed by atoms with Crippen LogP contribution in [0.5, 0.6) is 0 Å². The number of aliphatic carboxylic acids is 1. The first kappa shape index (κ1) is 28.5. The van der Waals surface area contributed by atoms with E-state index in [0.29, 0.717) is 47.2 Å². The van der Waals surface area contributed by atoms with Crippen LogP contribution in [0.25, 0.3) is 22.3 Å². The normalized spacial score (nSPS) is 11.8. The average molecular weight is 566 g/mol. The molecule has 5 aromatic rings. The molecular formula is C34H29F2N3O3. The maximum Gasteiger partial charge on any atom is 0.307 e. The summed E-state index contributed by atoms with van der Waals surface area (Å²) in [5, 5.41) is 12.2. The number of carboxylic acids is 1. The Morgan fingerprint density at radius 1 is 0.810 bits per heavy atom. The highest BCUT2D eigenvalue weighted by atomic mass is 19.1. The standard InChI is InChI=1S/C34H29F2N3O3/c1-21(22-9-14-27(35)15-10-22)37-34(42)26-13-18-29-31(19-26)38-30(33(39-29)24-11-16-28(36)17-12-24)8-4-7-23-5-2-3-6-25(23)20-32(40)41/h2-3,5-6,9-19,21H,4,7-8,20H2,1H3,(H,37,42)(H,40,41). The minimum Gasteiger partial charge on any atom is -0.481 e. The van der Waals surface area contributed by atoms with E-state index >= 15 is 0 Å². The highest BCUT2D eigenvalue weighted by molar-refractivity contribution is 5.97. The molecule has 1 heterocycles.